The van der Waals surface area contributed by atoms with Gasteiger partial charge in [0.25, 0.3) is 0 Å². The third-order valence-electron chi connectivity index (χ3n) is 6.34. The molecular formula is C27H21NO. The van der Waals surface area contributed by atoms with Gasteiger partial charge in [0.05, 0.1) is 5.52 Å². The number of benzene rings is 2. The van der Waals surface area contributed by atoms with Crippen molar-refractivity contribution in [2.45, 2.75) is 27.2 Å². The molecule has 1 unspecified atom stereocenters. The molecule has 0 radical (unpaired) electrons. The summed E-state index contributed by atoms with van der Waals surface area (Å²) in [5, 5.41) is 3.65. The van der Waals surface area contributed by atoms with Crippen LogP contribution in [0.5, 0.6) is 0 Å². The molecule has 0 fully saturated rings. The average Bonchev–Trinajstić information content (AvgIpc) is 3.23. The number of allylic oxidation sites excluding steroid dienone is 1. The number of furan rings is 1. The summed E-state index contributed by atoms with van der Waals surface area (Å²) in [6, 6.07) is 23.9. The Kier molecular flexibility index (Phi) is 3.29. The van der Waals surface area contributed by atoms with Gasteiger partial charge in [0.2, 0.25) is 0 Å². The summed E-state index contributed by atoms with van der Waals surface area (Å²) in [6.07, 6.45) is 3.27. The monoisotopic (exact) mass is 375 g/mol. The molecule has 0 N–H and O–H groups in total. The summed E-state index contributed by atoms with van der Waals surface area (Å²) < 4.78 is 8.50. The first-order valence-corrected chi connectivity index (χ1v) is 10.2. The number of hydrogen-bond donors (Lipinski definition) is 0. The normalized spacial score (nSPS) is 16.2. The summed E-state index contributed by atoms with van der Waals surface area (Å²) in [5.74, 6) is 1.64. The first kappa shape index (κ1) is 16.5. The summed E-state index contributed by atoms with van der Waals surface area (Å²) in [4.78, 5) is 0. The largest absolute Gasteiger partial charge is 0.460 e. The van der Waals surface area contributed by atoms with Gasteiger partial charge in [-0.15, -0.1) is 0 Å². The molecule has 2 heterocycles. The topological polar surface area (TPSA) is 18.1 Å². The number of hydrogen-bond acceptors (Lipinski definition) is 1. The standard InChI is InChI=1S/C27H21NO/c1-16-8-10-25-21(12-16)20-6-4-5-7-24(20)28(25)19-9-11-26-23(15-19)22-13-17(2)18(3)14-27(22)29-26/h4-7,9,11-13,15,18H,14H2,1-3H3. The highest BCUT2D eigenvalue weighted by Gasteiger charge is 2.22. The van der Waals surface area contributed by atoms with Crippen LogP contribution in [0.3, 0.4) is 0 Å². The predicted octanol–water partition coefficient (Wildman–Crippen LogP) is 7.03. The van der Waals surface area contributed by atoms with Crippen LogP contribution in [0, 0.1) is 25.0 Å². The maximum absolute atomic E-state index is 6.20. The molecule has 0 aliphatic heterocycles. The second kappa shape index (κ2) is 5.78. The van der Waals surface area contributed by atoms with E-state index in [1.165, 1.54) is 32.8 Å². The van der Waals surface area contributed by atoms with Gasteiger partial charge >= 0.3 is 0 Å². The summed E-state index contributed by atoms with van der Waals surface area (Å²) >= 11 is 0. The van der Waals surface area contributed by atoms with Gasteiger partial charge in [-0.05, 0) is 56.2 Å². The lowest BCUT2D eigenvalue weighted by molar-refractivity contribution is 0.503. The smallest absolute Gasteiger partial charge is 0.135 e. The molecule has 29 heavy (non-hydrogen) atoms. The van der Waals surface area contributed by atoms with Crippen molar-refractivity contribution in [3.05, 3.63) is 83.1 Å². The van der Waals surface area contributed by atoms with Crippen molar-refractivity contribution in [2.75, 3.05) is 0 Å². The van der Waals surface area contributed by atoms with E-state index >= 15 is 0 Å². The van der Waals surface area contributed by atoms with E-state index in [0.717, 1.165) is 34.5 Å². The number of nitrogens with zero attached hydrogens (tertiary/aromatic N) is 1. The molecule has 1 aliphatic rings. The van der Waals surface area contributed by atoms with E-state index in [9.17, 15) is 0 Å². The Morgan fingerprint density at radius 3 is 2.72 bits per heavy atom. The summed E-state index contributed by atoms with van der Waals surface area (Å²) in [5.41, 5.74) is 8.11. The highest BCUT2D eigenvalue weighted by Crippen LogP contribution is 2.38. The minimum absolute atomic E-state index is 0.535. The number of fused-ring (bicyclic) bond motifs is 6. The molecule has 0 saturated carbocycles. The van der Waals surface area contributed by atoms with Crippen LogP contribution in [0.15, 0.2) is 58.5 Å². The second-order valence-electron chi connectivity index (χ2n) is 8.31. The van der Waals surface area contributed by atoms with E-state index in [1.54, 1.807) is 0 Å². The third-order valence-corrected chi connectivity index (χ3v) is 6.34. The Balaban J connectivity index is 1.67. The molecule has 1 aliphatic carbocycles. The molecule has 2 heteroatoms. The molecule has 0 amide bonds. The Morgan fingerprint density at radius 2 is 1.83 bits per heavy atom. The van der Waals surface area contributed by atoms with Gasteiger partial charge in [-0.3, -0.25) is 0 Å². The van der Waals surface area contributed by atoms with Crippen molar-refractivity contribution >= 4 is 38.9 Å². The van der Waals surface area contributed by atoms with Crippen LogP contribution in [0.4, 0.5) is 0 Å². The zero-order valence-corrected chi connectivity index (χ0v) is 16.8. The molecule has 6 rings (SSSR count). The highest BCUT2D eigenvalue weighted by molar-refractivity contribution is 6.09. The molecule has 5 aromatic rings. The van der Waals surface area contributed by atoms with Gasteiger partial charge < -0.3 is 8.98 Å². The van der Waals surface area contributed by atoms with Crippen LogP contribution in [0.1, 0.15) is 30.7 Å². The molecule has 3 aromatic carbocycles. The number of aromatic nitrogens is 1. The Morgan fingerprint density at radius 1 is 0.966 bits per heavy atom. The van der Waals surface area contributed by atoms with Crippen molar-refractivity contribution < 1.29 is 4.42 Å². The van der Waals surface area contributed by atoms with Crippen LogP contribution in [-0.4, -0.2) is 4.57 Å². The van der Waals surface area contributed by atoms with Crippen molar-refractivity contribution in [1.29, 1.82) is 0 Å². The van der Waals surface area contributed by atoms with Crippen LogP contribution >= 0.6 is 0 Å². The van der Waals surface area contributed by atoms with E-state index in [0.29, 0.717) is 5.92 Å². The number of aryl methyl sites for hydroxylation is 1. The fourth-order valence-electron chi connectivity index (χ4n) is 4.63. The van der Waals surface area contributed by atoms with E-state index in [4.69, 9.17) is 4.42 Å². The van der Waals surface area contributed by atoms with Crippen LogP contribution in [0.25, 0.3) is 44.5 Å². The lowest BCUT2D eigenvalue weighted by Gasteiger charge is -2.16. The molecule has 2 aromatic heterocycles. The lowest BCUT2D eigenvalue weighted by Crippen LogP contribution is -2.05. The van der Waals surface area contributed by atoms with E-state index < -0.39 is 0 Å². The van der Waals surface area contributed by atoms with Gasteiger partial charge in [0.1, 0.15) is 16.9 Å². The van der Waals surface area contributed by atoms with Gasteiger partial charge in [0.15, 0.2) is 0 Å². The van der Waals surface area contributed by atoms with Crippen molar-refractivity contribution in [3.8, 4) is 5.69 Å². The quantitative estimate of drug-likeness (QED) is 0.307. The van der Waals surface area contributed by atoms with E-state index in [2.05, 4.69) is 92.1 Å². The molecule has 1 atom stereocenters. The fraction of sp³-hybridized carbons (Fsp3) is 0.185. The number of rotatable bonds is 1. The van der Waals surface area contributed by atoms with E-state index in [-0.39, 0.29) is 0 Å². The molecule has 2 nitrogen and oxygen atoms in total. The van der Waals surface area contributed by atoms with Gasteiger partial charge in [-0.1, -0.05) is 42.8 Å². The summed E-state index contributed by atoms with van der Waals surface area (Å²) in [7, 11) is 0. The molecule has 0 saturated heterocycles. The van der Waals surface area contributed by atoms with Crippen LogP contribution < -0.4 is 0 Å². The maximum Gasteiger partial charge on any atom is 0.135 e. The third kappa shape index (κ3) is 2.31. The van der Waals surface area contributed by atoms with Crippen LogP contribution in [0.2, 0.25) is 0 Å². The minimum Gasteiger partial charge on any atom is -0.460 e. The first-order chi connectivity index (χ1) is 14.1. The Bertz CT molecular complexity index is 1460. The van der Waals surface area contributed by atoms with Crippen molar-refractivity contribution in [1.82, 2.24) is 4.57 Å². The summed E-state index contributed by atoms with van der Waals surface area (Å²) in [6.45, 7) is 6.55. The Labute approximate surface area is 170 Å². The lowest BCUT2D eigenvalue weighted by atomic mass is 9.89. The zero-order chi connectivity index (χ0) is 19.7. The van der Waals surface area contributed by atoms with Gasteiger partial charge in [-0.2, -0.15) is 0 Å². The molecule has 0 bridgehead atoms. The van der Waals surface area contributed by atoms with Gasteiger partial charge in [-0.25, -0.2) is 0 Å². The van der Waals surface area contributed by atoms with Crippen molar-refractivity contribution in [3.63, 3.8) is 0 Å². The van der Waals surface area contributed by atoms with Crippen LogP contribution in [-0.2, 0) is 6.42 Å². The first-order valence-electron chi connectivity index (χ1n) is 10.2. The minimum atomic E-state index is 0.535. The maximum atomic E-state index is 6.20. The van der Waals surface area contributed by atoms with E-state index in [1.807, 2.05) is 0 Å². The average molecular weight is 375 g/mol. The molecular weight excluding hydrogens is 354 g/mol. The fourth-order valence-corrected chi connectivity index (χ4v) is 4.63. The van der Waals surface area contributed by atoms with Gasteiger partial charge in [0, 0.05) is 39.4 Å². The zero-order valence-electron chi connectivity index (χ0n) is 16.8. The van der Waals surface area contributed by atoms with Crippen molar-refractivity contribution in [2.24, 2.45) is 5.92 Å². The SMILES string of the molecule is CC1=Cc2c(oc3ccc(-n4c5c#cc(C)cc5c5ccccc54)cc23)CC1C. The Hall–Kier alpha value is -3.44. The second-order valence-corrected chi connectivity index (χ2v) is 8.31. The highest BCUT2D eigenvalue weighted by atomic mass is 16.3. The molecule has 140 valence electrons. The molecule has 0 spiro atoms. The predicted molar refractivity (Wildman–Crippen MR) is 119 cm³/mol. The number of para-hydroxylation sites is 1.